The lowest BCUT2D eigenvalue weighted by Crippen LogP contribution is -2.58. The molecule has 1 saturated heterocycles. The normalized spacial score (nSPS) is 20.7. The van der Waals surface area contributed by atoms with Crippen molar-refractivity contribution < 1.29 is 0 Å². The fraction of sp³-hybridized carbons (Fsp3) is 1.00. The van der Waals surface area contributed by atoms with Crippen LogP contribution in [0.15, 0.2) is 0 Å². The molecule has 0 amide bonds. The maximum atomic E-state index is 3.73. The van der Waals surface area contributed by atoms with Crippen molar-refractivity contribution in [2.45, 2.75) is 84.2 Å². The first-order chi connectivity index (χ1) is 8.62. The summed E-state index contributed by atoms with van der Waals surface area (Å²) < 4.78 is 0. The summed E-state index contributed by atoms with van der Waals surface area (Å²) in [6, 6.07) is 0.639. The van der Waals surface area contributed by atoms with E-state index in [0.29, 0.717) is 11.6 Å². The number of hydrogen-bond acceptors (Lipinski definition) is 2. The summed E-state index contributed by atoms with van der Waals surface area (Å²) in [6.45, 7) is 13.1. The van der Waals surface area contributed by atoms with E-state index in [9.17, 15) is 0 Å². The highest BCUT2D eigenvalue weighted by Gasteiger charge is 2.34. The van der Waals surface area contributed by atoms with Crippen LogP contribution in [-0.4, -0.2) is 36.1 Å². The third kappa shape index (κ3) is 4.55. The lowest BCUT2D eigenvalue weighted by molar-refractivity contribution is 0.0797. The van der Waals surface area contributed by atoms with Crippen LogP contribution in [0.2, 0.25) is 0 Å². The van der Waals surface area contributed by atoms with Gasteiger partial charge in [0.15, 0.2) is 0 Å². The van der Waals surface area contributed by atoms with Crippen molar-refractivity contribution in [3.8, 4) is 0 Å². The van der Waals surface area contributed by atoms with Crippen LogP contribution in [0, 0.1) is 0 Å². The summed E-state index contributed by atoms with van der Waals surface area (Å²) in [5.74, 6) is 0. The monoisotopic (exact) mass is 254 g/mol. The molecule has 1 N–H and O–H groups in total. The topological polar surface area (TPSA) is 15.3 Å². The Morgan fingerprint density at radius 2 is 1.67 bits per heavy atom. The Balaban J connectivity index is 2.64. The fourth-order valence-corrected chi connectivity index (χ4v) is 3.23. The van der Waals surface area contributed by atoms with Crippen molar-refractivity contribution in [1.82, 2.24) is 10.2 Å². The molecule has 2 heteroatoms. The number of unbranched alkanes of at least 4 members (excludes halogenated alkanes) is 1. The van der Waals surface area contributed by atoms with Crippen LogP contribution < -0.4 is 5.32 Å². The van der Waals surface area contributed by atoms with E-state index in [-0.39, 0.29) is 0 Å². The van der Waals surface area contributed by atoms with Gasteiger partial charge in [-0.3, -0.25) is 4.90 Å². The van der Waals surface area contributed by atoms with Crippen LogP contribution in [0.25, 0.3) is 0 Å². The fourth-order valence-electron chi connectivity index (χ4n) is 3.23. The first-order valence-electron chi connectivity index (χ1n) is 8.11. The van der Waals surface area contributed by atoms with Crippen LogP contribution in [0.1, 0.15) is 72.6 Å². The van der Waals surface area contributed by atoms with Crippen LogP contribution in [0.5, 0.6) is 0 Å². The second-order valence-electron chi connectivity index (χ2n) is 6.31. The van der Waals surface area contributed by atoms with Crippen LogP contribution in [0.4, 0.5) is 0 Å². The van der Waals surface area contributed by atoms with Crippen LogP contribution >= 0.6 is 0 Å². The zero-order chi connectivity index (χ0) is 13.4. The van der Waals surface area contributed by atoms with Gasteiger partial charge in [0.2, 0.25) is 0 Å². The summed E-state index contributed by atoms with van der Waals surface area (Å²) in [5.41, 5.74) is 0.301. The number of rotatable bonds is 7. The molecule has 1 rings (SSSR count). The van der Waals surface area contributed by atoms with Crippen molar-refractivity contribution in [2.24, 2.45) is 0 Å². The smallest absolute Gasteiger partial charge is 0.0306 e. The highest BCUT2D eigenvalue weighted by atomic mass is 15.2. The lowest BCUT2D eigenvalue weighted by Gasteiger charge is -2.44. The molecular formula is C16H34N2. The first kappa shape index (κ1) is 16.0. The highest BCUT2D eigenvalue weighted by molar-refractivity contribution is 4.94. The van der Waals surface area contributed by atoms with Gasteiger partial charge in [0, 0.05) is 11.6 Å². The van der Waals surface area contributed by atoms with Crippen molar-refractivity contribution in [2.75, 3.05) is 19.6 Å². The molecule has 0 aromatic heterocycles. The van der Waals surface area contributed by atoms with E-state index in [1.807, 2.05) is 0 Å². The molecular weight excluding hydrogens is 220 g/mol. The number of likely N-dealkylation sites (N-methyl/N-ethyl adjacent to an activating group) is 1. The Morgan fingerprint density at radius 3 is 2.17 bits per heavy atom. The maximum Gasteiger partial charge on any atom is 0.0306 e. The van der Waals surface area contributed by atoms with Gasteiger partial charge in [-0.15, -0.1) is 0 Å². The Morgan fingerprint density at radius 1 is 1.06 bits per heavy atom. The highest BCUT2D eigenvalue weighted by Crippen LogP contribution is 2.26. The van der Waals surface area contributed by atoms with Gasteiger partial charge in [-0.05, 0) is 52.7 Å². The summed E-state index contributed by atoms with van der Waals surface area (Å²) >= 11 is 0. The van der Waals surface area contributed by atoms with Crippen LogP contribution in [-0.2, 0) is 0 Å². The van der Waals surface area contributed by atoms with Gasteiger partial charge in [-0.25, -0.2) is 0 Å². The van der Waals surface area contributed by atoms with Crippen molar-refractivity contribution in [3.63, 3.8) is 0 Å². The predicted molar refractivity (Wildman–Crippen MR) is 81.1 cm³/mol. The molecule has 1 aliphatic rings. The molecule has 108 valence electrons. The Labute approximate surface area is 115 Å². The van der Waals surface area contributed by atoms with E-state index in [1.165, 1.54) is 58.0 Å². The van der Waals surface area contributed by atoms with Gasteiger partial charge >= 0.3 is 0 Å². The average molecular weight is 254 g/mol. The molecule has 0 spiro atoms. The minimum atomic E-state index is 0.301. The Hall–Kier alpha value is -0.0800. The molecule has 1 heterocycles. The summed E-state index contributed by atoms with van der Waals surface area (Å²) in [6.07, 6.45) is 9.58. The summed E-state index contributed by atoms with van der Waals surface area (Å²) in [7, 11) is 0. The van der Waals surface area contributed by atoms with Crippen molar-refractivity contribution in [1.29, 1.82) is 0 Å². The van der Waals surface area contributed by atoms with Crippen molar-refractivity contribution >= 4 is 0 Å². The third-order valence-electron chi connectivity index (χ3n) is 4.57. The van der Waals surface area contributed by atoms with E-state index in [0.717, 1.165) is 6.54 Å². The van der Waals surface area contributed by atoms with E-state index >= 15 is 0 Å². The van der Waals surface area contributed by atoms with Gasteiger partial charge in [0.05, 0.1) is 0 Å². The zero-order valence-corrected chi connectivity index (χ0v) is 13.1. The quantitative estimate of drug-likeness (QED) is 0.743. The number of nitrogens with one attached hydrogen (secondary N) is 1. The standard InChI is InChI=1S/C16H34N2/c1-5-7-12-15(17-6-2)16(3,4)18-13-10-8-9-11-14-18/h15,17H,5-14H2,1-4H3. The van der Waals surface area contributed by atoms with Gasteiger partial charge < -0.3 is 5.32 Å². The molecule has 0 aromatic rings. The summed E-state index contributed by atoms with van der Waals surface area (Å²) in [4.78, 5) is 2.74. The SMILES string of the molecule is CCCCC(NCC)C(C)(C)N1CCCCCC1. The first-order valence-corrected chi connectivity index (χ1v) is 8.11. The minimum Gasteiger partial charge on any atom is -0.312 e. The molecule has 1 atom stereocenters. The summed E-state index contributed by atoms with van der Waals surface area (Å²) in [5, 5.41) is 3.73. The second kappa shape index (κ2) is 8.16. The predicted octanol–water partition coefficient (Wildman–Crippen LogP) is 3.81. The van der Waals surface area contributed by atoms with Crippen LogP contribution in [0.3, 0.4) is 0 Å². The minimum absolute atomic E-state index is 0.301. The molecule has 1 aliphatic heterocycles. The third-order valence-corrected chi connectivity index (χ3v) is 4.57. The van der Waals surface area contributed by atoms with Gasteiger partial charge in [0.25, 0.3) is 0 Å². The zero-order valence-electron chi connectivity index (χ0n) is 13.1. The molecule has 1 unspecified atom stereocenters. The molecule has 0 saturated carbocycles. The largest absolute Gasteiger partial charge is 0.312 e. The van der Waals surface area contributed by atoms with Gasteiger partial charge in [-0.2, -0.15) is 0 Å². The second-order valence-corrected chi connectivity index (χ2v) is 6.31. The maximum absolute atomic E-state index is 3.73. The molecule has 0 aliphatic carbocycles. The molecule has 0 bridgehead atoms. The van der Waals surface area contributed by atoms with E-state index < -0.39 is 0 Å². The van der Waals surface area contributed by atoms with E-state index in [2.05, 4.69) is 37.9 Å². The van der Waals surface area contributed by atoms with Crippen molar-refractivity contribution in [3.05, 3.63) is 0 Å². The van der Waals surface area contributed by atoms with Gasteiger partial charge in [-0.1, -0.05) is 39.5 Å². The molecule has 1 fully saturated rings. The molecule has 2 nitrogen and oxygen atoms in total. The number of nitrogens with zero attached hydrogens (tertiary/aromatic N) is 1. The molecule has 0 radical (unpaired) electrons. The molecule has 18 heavy (non-hydrogen) atoms. The Bertz CT molecular complexity index is 205. The number of hydrogen-bond donors (Lipinski definition) is 1. The van der Waals surface area contributed by atoms with E-state index in [4.69, 9.17) is 0 Å². The lowest BCUT2D eigenvalue weighted by atomic mass is 9.88. The number of likely N-dealkylation sites (tertiary alicyclic amines) is 1. The molecule has 0 aromatic carbocycles. The Kier molecular flexibility index (Phi) is 7.25. The van der Waals surface area contributed by atoms with Gasteiger partial charge in [0.1, 0.15) is 0 Å². The average Bonchev–Trinajstić information content (AvgIpc) is 2.63. The van der Waals surface area contributed by atoms with E-state index in [1.54, 1.807) is 0 Å².